The summed E-state index contributed by atoms with van der Waals surface area (Å²) in [6.07, 6.45) is 7.45. The third-order valence-electron chi connectivity index (χ3n) is 6.13. The number of amides is 1. The van der Waals surface area contributed by atoms with Gasteiger partial charge >= 0.3 is 5.97 Å². The summed E-state index contributed by atoms with van der Waals surface area (Å²) >= 11 is 0. The van der Waals surface area contributed by atoms with Gasteiger partial charge < -0.3 is 19.9 Å². The lowest BCUT2D eigenvalue weighted by atomic mass is 9.95. The Labute approximate surface area is 212 Å². The predicted octanol–water partition coefficient (Wildman–Crippen LogP) is 4.12. The molecule has 184 valence electrons. The Bertz CT molecular complexity index is 1570. The van der Waals surface area contributed by atoms with Crippen LogP contribution in [0.15, 0.2) is 97.6 Å². The molecule has 0 saturated heterocycles. The minimum Gasteiger partial charge on any atom is -0.508 e. The van der Waals surface area contributed by atoms with Crippen molar-refractivity contribution in [3.63, 3.8) is 0 Å². The number of imidazole rings is 1. The summed E-state index contributed by atoms with van der Waals surface area (Å²) < 4.78 is 1.73. The second-order valence-corrected chi connectivity index (χ2v) is 8.73. The van der Waals surface area contributed by atoms with Crippen LogP contribution in [0.2, 0.25) is 0 Å². The SMILES string of the molecule is O=C(N[C@@H](Cc1ccc(O)cc1Cc1ccccc1)C(=O)O)c1cn2cc(-c3cccnc3)ccc2n1. The molecule has 0 fully saturated rings. The number of phenolic OH excluding ortho intramolecular Hbond substituents is 1. The Morgan fingerprint density at radius 1 is 0.919 bits per heavy atom. The number of carboxylic acids is 1. The third-order valence-corrected chi connectivity index (χ3v) is 6.13. The molecule has 0 saturated carbocycles. The third kappa shape index (κ3) is 5.48. The Morgan fingerprint density at radius 3 is 2.51 bits per heavy atom. The molecule has 0 aliphatic carbocycles. The molecule has 0 spiro atoms. The van der Waals surface area contributed by atoms with Crippen LogP contribution in [-0.2, 0) is 17.6 Å². The van der Waals surface area contributed by atoms with E-state index in [0.29, 0.717) is 12.1 Å². The van der Waals surface area contributed by atoms with Crippen LogP contribution in [0.3, 0.4) is 0 Å². The van der Waals surface area contributed by atoms with Gasteiger partial charge in [-0.2, -0.15) is 0 Å². The number of carbonyl (C=O) groups is 2. The van der Waals surface area contributed by atoms with Gasteiger partial charge in [0.05, 0.1) is 0 Å². The summed E-state index contributed by atoms with van der Waals surface area (Å²) in [6.45, 7) is 0. The highest BCUT2D eigenvalue weighted by molar-refractivity contribution is 5.95. The van der Waals surface area contributed by atoms with Gasteiger partial charge in [-0.25, -0.2) is 9.78 Å². The van der Waals surface area contributed by atoms with E-state index in [1.54, 1.807) is 41.2 Å². The minimum absolute atomic E-state index is 0.0576. The topological polar surface area (TPSA) is 117 Å². The Hall–Kier alpha value is -4.98. The van der Waals surface area contributed by atoms with Crippen molar-refractivity contribution < 1.29 is 19.8 Å². The van der Waals surface area contributed by atoms with E-state index in [9.17, 15) is 19.8 Å². The Balaban J connectivity index is 1.36. The van der Waals surface area contributed by atoms with E-state index in [2.05, 4.69) is 15.3 Å². The largest absolute Gasteiger partial charge is 0.508 e. The maximum atomic E-state index is 13.0. The summed E-state index contributed by atoms with van der Waals surface area (Å²) in [4.78, 5) is 33.6. The lowest BCUT2D eigenvalue weighted by Crippen LogP contribution is -2.42. The van der Waals surface area contributed by atoms with Crippen LogP contribution in [0, 0.1) is 0 Å². The van der Waals surface area contributed by atoms with Crippen molar-refractivity contribution in [1.29, 1.82) is 0 Å². The molecule has 5 aromatic rings. The maximum Gasteiger partial charge on any atom is 0.326 e. The van der Waals surface area contributed by atoms with Crippen LogP contribution < -0.4 is 5.32 Å². The van der Waals surface area contributed by atoms with Crippen LogP contribution in [0.25, 0.3) is 16.8 Å². The summed E-state index contributed by atoms with van der Waals surface area (Å²) in [7, 11) is 0. The first-order valence-corrected chi connectivity index (χ1v) is 11.7. The highest BCUT2D eigenvalue weighted by Gasteiger charge is 2.24. The standard InChI is InChI=1S/C29H24N4O4/c34-24-10-8-20(23(14-24)13-19-5-2-1-3-6-19)15-25(29(36)37)32-28(35)26-18-33-17-22(9-11-27(33)31-26)21-7-4-12-30-16-21/h1-12,14,16-18,25,34H,13,15H2,(H,32,35)(H,36,37)/t25-/m0/s1. The van der Waals surface area contributed by atoms with Crippen molar-refractivity contribution in [3.05, 3.63) is 120 Å². The van der Waals surface area contributed by atoms with E-state index < -0.39 is 17.9 Å². The number of hydrogen-bond donors (Lipinski definition) is 3. The normalized spacial score (nSPS) is 11.8. The number of fused-ring (bicyclic) bond motifs is 1. The van der Waals surface area contributed by atoms with Gasteiger partial charge in [0.25, 0.3) is 5.91 Å². The van der Waals surface area contributed by atoms with Gasteiger partial charge in [-0.05, 0) is 59.0 Å². The lowest BCUT2D eigenvalue weighted by Gasteiger charge is -2.17. The van der Waals surface area contributed by atoms with Crippen LogP contribution in [0.4, 0.5) is 0 Å². The van der Waals surface area contributed by atoms with Gasteiger partial charge in [0, 0.05) is 36.8 Å². The number of benzene rings is 2. The van der Waals surface area contributed by atoms with Gasteiger partial charge in [0.2, 0.25) is 0 Å². The number of nitrogens with one attached hydrogen (secondary N) is 1. The second kappa shape index (κ2) is 10.3. The number of pyridine rings is 2. The molecule has 0 bridgehead atoms. The zero-order valence-electron chi connectivity index (χ0n) is 19.8. The van der Waals surface area contributed by atoms with Gasteiger partial charge in [-0.1, -0.05) is 42.5 Å². The van der Waals surface area contributed by atoms with Gasteiger partial charge in [-0.15, -0.1) is 0 Å². The molecule has 0 aliphatic heterocycles. The zero-order valence-corrected chi connectivity index (χ0v) is 19.8. The fraction of sp³-hybridized carbons (Fsp3) is 0.103. The average Bonchev–Trinajstić information content (AvgIpc) is 3.34. The number of carbonyl (C=O) groups excluding carboxylic acids is 1. The molecule has 8 nitrogen and oxygen atoms in total. The van der Waals surface area contributed by atoms with Gasteiger partial charge in [0.1, 0.15) is 23.1 Å². The van der Waals surface area contributed by atoms with Crippen molar-refractivity contribution in [2.75, 3.05) is 0 Å². The van der Waals surface area contributed by atoms with E-state index in [4.69, 9.17) is 0 Å². The molecule has 3 aromatic heterocycles. The first-order valence-electron chi connectivity index (χ1n) is 11.7. The minimum atomic E-state index is -1.18. The molecule has 5 rings (SSSR count). The second-order valence-electron chi connectivity index (χ2n) is 8.73. The molecule has 1 amide bonds. The molecular weight excluding hydrogens is 468 g/mol. The van der Waals surface area contributed by atoms with Crippen molar-refractivity contribution >= 4 is 17.5 Å². The summed E-state index contributed by atoms with van der Waals surface area (Å²) in [5, 5.41) is 22.5. The van der Waals surface area contributed by atoms with Crippen molar-refractivity contribution in [2.24, 2.45) is 0 Å². The summed E-state index contributed by atoms with van der Waals surface area (Å²) in [5.41, 5.74) is 5.06. The number of phenols is 1. The van der Waals surface area contributed by atoms with Gasteiger partial charge in [-0.3, -0.25) is 9.78 Å². The first-order chi connectivity index (χ1) is 18.0. The van der Waals surface area contributed by atoms with E-state index in [0.717, 1.165) is 27.8 Å². The molecule has 0 unspecified atom stereocenters. The number of rotatable bonds is 8. The molecular formula is C29H24N4O4. The highest BCUT2D eigenvalue weighted by Crippen LogP contribution is 2.22. The molecule has 2 aromatic carbocycles. The molecule has 3 N–H and O–H groups in total. The molecule has 0 radical (unpaired) electrons. The van der Waals surface area contributed by atoms with Crippen molar-refractivity contribution in [2.45, 2.75) is 18.9 Å². The van der Waals surface area contributed by atoms with E-state index >= 15 is 0 Å². The Kier molecular flexibility index (Phi) is 6.63. The number of carboxylic acid groups (broad SMARTS) is 1. The number of nitrogens with zero attached hydrogens (tertiary/aromatic N) is 3. The smallest absolute Gasteiger partial charge is 0.326 e. The van der Waals surface area contributed by atoms with Crippen LogP contribution >= 0.6 is 0 Å². The fourth-order valence-corrected chi connectivity index (χ4v) is 4.25. The van der Waals surface area contributed by atoms with Crippen LogP contribution in [0.5, 0.6) is 5.75 Å². The number of aromatic nitrogens is 3. The molecule has 37 heavy (non-hydrogen) atoms. The molecule has 0 aliphatic rings. The number of aliphatic carboxylic acids is 1. The van der Waals surface area contributed by atoms with Crippen molar-refractivity contribution in [3.8, 4) is 16.9 Å². The fourth-order valence-electron chi connectivity index (χ4n) is 4.25. The monoisotopic (exact) mass is 492 g/mol. The van der Waals surface area contributed by atoms with Crippen LogP contribution in [0.1, 0.15) is 27.2 Å². The van der Waals surface area contributed by atoms with E-state index in [-0.39, 0.29) is 17.9 Å². The van der Waals surface area contributed by atoms with E-state index in [1.807, 2.05) is 54.7 Å². The van der Waals surface area contributed by atoms with Crippen molar-refractivity contribution in [1.82, 2.24) is 19.7 Å². The maximum absolute atomic E-state index is 13.0. The number of aromatic hydroxyl groups is 1. The summed E-state index contributed by atoms with van der Waals surface area (Å²) in [5.74, 6) is -1.64. The Morgan fingerprint density at radius 2 is 1.76 bits per heavy atom. The van der Waals surface area contributed by atoms with Gasteiger partial charge in [0.15, 0.2) is 0 Å². The quantitative estimate of drug-likeness (QED) is 0.300. The molecule has 1 atom stereocenters. The number of hydrogen-bond acceptors (Lipinski definition) is 5. The average molecular weight is 493 g/mol. The first kappa shape index (κ1) is 23.7. The lowest BCUT2D eigenvalue weighted by molar-refractivity contribution is -0.139. The molecule has 8 heteroatoms. The van der Waals surface area contributed by atoms with Crippen LogP contribution in [-0.4, -0.2) is 42.5 Å². The summed E-state index contributed by atoms with van der Waals surface area (Å²) in [6, 6.07) is 20.8. The predicted molar refractivity (Wildman–Crippen MR) is 138 cm³/mol. The van der Waals surface area contributed by atoms with E-state index in [1.165, 1.54) is 6.07 Å². The molecule has 3 heterocycles. The zero-order chi connectivity index (χ0) is 25.8. The highest BCUT2D eigenvalue weighted by atomic mass is 16.4.